The quantitative estimate of drug-likeness (QED) is 0.323. The van der Waals surface area contributed by atoms with Gasteiger partial charge in [0.15, 0.2) is 0 Å². The first kappa shape index (κ1) is 32.0. The Morgan fingerprint density at radius 2 is 1.67 bits per heavy atom. The van der Waals surface area contributed by atoms with E-state index >= 15 is 0 Å². The Morgan fingerprint density at radius 1 is 0.977 bits per heavy atom. The fourth-order valence-corrected chi connectivity index (χ4v) is 7.51. The number of anilines is 4. The number of hydrogen-bond acceptors (Lipinski definition) is 8. The number of alkyl halides is 3. The first-order valence-electron chi connectivity index (χ1n) is 15.8. The summed E-state index contributed by atoms with van der Waals surface area (Å²) in [6, 6.07) is 2.66. The van der Waals surface area contributed by atoms with Crippen LogP contribution in [0, 0.1) is 5.92 Å². The van der Waals surface area contributed by atoms with Gasteiger partial charge < -0.3 is 20.4 Å². The number of rotatable bonds is 10. The average molecular weight is 625 g/mol. The van der Waals surface area contributed by atoms with Crippen molar-refractivity contribution in [3.8, 4) is 0 Å². The summed E-state index contributed by atoms with van der Waals surface area (Å²) in [7, 11) is 0. The highest BCUT2D eigenvalue weighted by atomic mass is 35.5. The first-order chi connectivity index (χ1) is 20.5. The van der Waals surface area contributed by atoms with Crippen molar-refractivity contribution in [2.45, 2.75) is 95.9 Å². The van der Waals surface area contributed by atoms with Crippen LogP contribution in [0.25, 0.3) is 0 Å². The topological polar surface area (TPSA) is 80.8 Å². The molecule has 1 saturated carbocycles. The van der Waals surface area contributed by atoms with Gasteiger partial charge in [0.05, 0.1) is 16.9 Å². The molecule has 3 fully saturated rings. The lowest BCUT2D eigenvalue weighted by atomic mass is 9.86. The van der Waals surface area contributed by atoms with Crippen LogP contribution >= 0.6 is 11.6 Å². The van der Waals surface area contributed by atoms with Crippen molar-refractivity contribution in [2.75, 3.05) is 54.8 Å². The van der Waals surface area contributed by atoms with Crippen LogP contribution in [0.3, 0.4) is 0 Å². The lowest BCUT2D eigenvalue weighted by Crippen LogP contribution is -2.61. The molecule has 5 rings (SSSR count). The Labute approximate surface area is 256 Å². The maximum absolute atomic E-state index is 12.6. The van der Waals surface area contributed by atoms with Gasteiger partial charge in [0.1, 0.15) is 23.7 Å². The summed E-state index contributed by atoms with van der Waals surface area (Å²) in [5.41, 5.74) is -2.14. The molecule has 2 aliphatic heterocycles. The molecule has 2 N–H and O–H groups in total. The Bertz CT molecular complexity index is 1300. The first-order valence-corrected chi connectivity index (χ1v) is 16.2. The van der Waals surface area contributed by atoms with Gasteiger partial charge in [-0.1, -0.05) is 43.7 Å². The Hall–Kier alpha value is -2.37. The second-order valence-corrected chi connectivity index (χ2v) is 13.2. The van der Waals surface area contributed by atoms with Gasteiger partial charge in [-0.15, -0.1) is 0 Å². The minimum atomic E-state index is -4.52. The molecule has 238 valence electrons. The van der Waals surface area contributed by atoms with Gasteiger partial charge in [-0.25, -0.2) is 4.98 Å². The van der Waals surface area contributed by atoms with Crippen LogP contribution in [0.5, 0.6) is 0 Å². The van der Waals surface area contributed by atoms with Crippen molar-refractivity contribution in [3.05, 3.63) is 37.7 Å². The van der Waals surface area contributed by atoms with Crippen molar-refractivity contribution in [1.82, 2.24) is 14.8 Å². The van der Waals surface area contributed by atoms with E-state index in [9.17, 15) is 22.8 Å². The van der Waals surface area contributed by atoms with E-state index < -0.39 is 23.6 Å². The normalized spacial score (nSPS) is 23.6. The second-order valence-electron chi connectivity index (χ2n) is 12.8. The van der Waals surface area contributed by atoms with E-state index in [4.69, 9.17) is 11.6 Å². The van der Waals surface area contributed by atoms with Gasteiger partial charge in [-0.05, 0) is 71.1 Å². The van der Waals surface area contributed by atoms with Crippen molar-refractivity contribution in [2.24, 2.45) is 5.92 Å². The SMILES string of the molecule is C[C@@H]1CN(c2ncc(Nc3c(NCC(F)(F)F)c(=O)c3=O)cc2Cl)[C@@H](C)CN1C1CCN(CCCC2CCCCC2)CC1. The van der Waals surface area contributed by atoms with Crippen LogP contribution in [0.15, 0.2) is 21.9 Å². The molecule has 0 bridgehead atoms. The largest absolute Gasteiger partial charge is 0.405 e. The van der Waals surface area contributed by atoms with Gasteiger partial charge in [-0.2, -0.15) is 13.2 Å². The van der Waals surface area contributed by atoms with Crippen molar-refractivity contribution in [1.29, 1.82) is 0 Å². The summed E-state index contributed by atoms with van der Waals surface area (Å²) in [5.74, 6) is 1.58. The highest BCUT2D eigenvalue weighted by Gasteiger charge is 2.36. The lowest BCUT2D eigenvalue weighted by Gasteiger charge is -2.49. The van der Waals surface area contributed by atoms with E-state index in [0.29, 0.717) is 28.6 Å². The zero-order chi connectivity index (χ0) is 30.7. The molecule has 8 nitrogen and oxygen atoms in total. The number of nitrogens with zero attached hydrogens (tertiary/aromatic N) is 4. The summed E-state index contributed by atoms with van der Waals surface area (Å²) < 4.78 is 37.8. The summed E-state index contributed by atoms with van der Waals surface area (Å²) in [6.07, 6.45) is 9.19. The zero-order valence-corrected chi connectivity index (χ0v) is 25.9. The van der Waals surface area contributed by atoms with Gasteiger partial charge in [0.25, 0.3) is 10.9 Å². The highest BCUT2D eigenvalue weighted by molar-refractivity contribution is 6.33. The monoisotopic (exact) mass is 624 g/mol. The molecule has 1 aliphatic carbocycles. The minimum absolute atomic E-state index is 0.181. The third-order valence-electron chi connectivity index (χ3n) is 9.61. The summed E-state index contributed by atoms with van der Waals surface area (Å²) >= 11 is 6.64. The van der Waals surface area contributed by atoms with Crippen molar-refractivity contribution >= 4 is 34.5 Å². The number of halogens is 4. The van der Waals surface area contributed by atoms with E-state index in [2.05, 4.69) is 38.8 Å². The molecule has 2 atom stereocenters. The molecule has 0 amide bonds. The summed E-state index contributed by atoms with van der Waals surface area (Å²) in [6.45, 7) is 8.24. The molecule has 0 radical (unpaired) electrons. The molecule has 0 spiro atoms. The van der Waals surface area contributed by atoms with Gasteiger partial charge in [0.2, 0.25) is 0 Å². The van der Waals surface area contributed by atoms with Gasteiger partial charge in [-0.3, -0.25) is 14.5 Å². The molecule has 1 aromatic heterocycles. The standard InChI is InChI=1S/C31H44ClF3N6O2/c1-20-18-41(21(2)17-40(20)24-10-13-39(14-11-24)12-6-9-22-7-4-3-5-8-22)30-25(32)15-23(16-36-30)38-27-26(28(42)29(27)43)37-19-31(33,34)35/h15-16,20-22,24,37-38H,3-14,17-19H2,1-2H3/t20-,21+/m1/s1. The van der Waals surface area contributed by atoms with Crippen LogP contribution in [0.4, 0.5) is 36.1 Å². The molecular formula is C31H44ClF3N6O2. The minimum Gasteiger partial charge on any atom is -0.371 e. The highest BCUT2D eigenvalue weighted by Crippen LogP contribution is 2.33. The second kappa shape index (κ2) is 13.7. The molecule has 2 aromatic rings. The van der Waals surface area contributed by atoms with Crippen LogP contribution in [-0.2, 0) is 0 Å². The molecule has 3 aliphatic rings. The maximum Gasteiger partial charge on any atom is 0.405 e. The number of likely N-dealkylation sites (tertiary alicyclic amines) is 1. The fourth-order valence-electron chi connectivity index (χ4n) is 7.23. The predicted molar refractivity (Wildman–Crippen MR) is 167 cm³/mol. The molecule has 0 unspecified atom stereocenters. The molecule has 12 heteroatoms. The van der Waals surface area contributed by atoms with Crippen molar-refractivity contribution in [3.63, 3.8) is 0 Å². The smallest absolute Gasteiger partial charge is 0.371 e. The van der Waals surface area contributed by atoms with Crippen LogP contribution in [0.1, 0.15) is 71.6 Å². The van der Waals surface area contributed by atoms with E-state index in [1.165, 1.54) is 70.5 Å². The van der Waals surface area contributed by atoms with E-state index in [1.54, 1.807) is 6.07 Å². The molecule has 1 aromatic carbocycles. The summed E-state index contributed by atoms with van der Waals surface area (Å²) in [4.78, 5) is 35.8. The van der Waals surface area contributed by atoms with E-state index in [0.717, 1.165) is 32.1 Å². The number of pyridine rings is 1. The number of piperazine rings is 1. The Kier molecular flexibility index (Phi) is 10.2. The van der Waals surface area contributed by atoms with E-state index in [1.807, 2.05) is 5.32 Å². The van der Waals surface area contributed by atoms with Crippen LogP contribution in [0.2, 0.25) is 5.02 Å². The third-order valence-corrected chi connectivity index (χ3v) is 9.89. The number of piperidine rings is 1. The third kappa shape index (κ3) is 7.84. The van der Waals surface area contributed by atoms with Crippen LogP contribution < -0.4 is 26.4 Å². The lowest BCUT2D eigenvalue weighted by molar-refractivity contribution is -0.115. The van der Waals surface area contributed by atoms with Gasteiger partial charge >= 0.3 is 6.18 Å². The van der Waals surface area contributed by atoms with Gasteiger partial charge in [0, 0.05) is 31.2 Å². The number of aromatic nitrogens is 1. The molecule has 3 heterocycles. The average Bonchev–Trinajstić information content (AvgIpc) is 2.98. The Balaban J connectivity index is 1.12. The molecule has 43 heavy (non-hydrogen) atoms. The summed E-state index contributed by atoms with van der Waals surface area (Å²) in [5, 5.41) is 5.09. The maximum atomic E-state index is 12.6. The van der Waals surface area contributed by atoms with Crippen LogP contribution in [-0.4, -0.2) is 78.4 Å². The number of nitrogens with one attached hydrogen (secondary N) is 2. The van der Waals surface area contributed by atoms with Crippen molar-refractivity contribution < 1.29 is 13.2 Å². The molecule has 2 saturated heterocycles. The van der Waals surface area contributed by atoms with E-state index in [-0.39, 0.29) is 17.4 Å². The number of hydrogen-bond donors (Lipinski definition) is 2. The Morgan fingerprint density at radius 3 is 2.35 bits per heavy atom. The predicted octanol–water partition coefficient (Wildman–Crippen LogP) is 5.77. The fraction of sp³-hybridized carbons (Fsp3) is 0.710. The molecular weight excluding hydrogens is 581 g/mol. The zero-order valence-electron chi connectivity index (χ0n) is 25.2.